The number of nitro benzene ring substituents is 1. The highest BCUT2D eigenvalue weighted by Gasteiger charge is 2.22. The predicted octanol–water partition coefficient (Wildman–Crippen LogP) is 2.45. The van der Waals surface area contributed by atoms with Crippen molar-refractivity contribution in [3.8, 4) is 0 Å². The lowest BCUT2D eigenvalue weighted by molar-refractivity contribution is -0.385. The lowest BCUT2D eigenvalue weighted by Gasteiger charge is -2.12. The number of oxazole rings is 1. The second-order valence-electron chi connectivity index (χ2n) is 5.44. The van der Waals surface area contributed by atoms with Crippen molar-refractivity contribution >= 4 is 32.5 Å². The van der Waals surface area contributed by atoms with E-state index in [4.69, 9.17) is 4.42 Å². The van der Waals surface area contributed by atoms with Crippen LogP contribution in [0.5, 0.6) is 0 Å². The second-order valence-corrected chi connectivity index (χ2v) is 7.09. The highest BCUT2D eigenvalue weighted by atomic mass is 32.2. The topological polar surface area (TPSA) is 135 Å². The lowest BCUT2D eigenvalue weighted by Crippen LogP contribution is -2.15. The van der Waals surface area contributed by atoms with E-state index < -0.39 is 20.7 Å². The molecule has 2 aromatic carbocycles. The number of nitrogens with one attached hydrogen (secondary N) is 2. The average Bonchev–Trinajstić information content (AvgIpc) is 2.87. The number of aromatic nitrogens is 1. The summed E-state index contributed by atoms with van der Waals surface area (Å²) in [6.45, 7) is 3.02. The van der Waals surface area contributed by atoms with Crippen molar-refractivity contribution in [2.75, 3.05) is 4.72 Å². The summed E-state index contributed by atoms with van der Waals surface area (Å²) in [5.41, 5.74) is 0.982. The van der Waals surface area contributed by atoms with E-state index in [1.807, 2.05) is 0 Å². The molecule has 2 N–H and O–H groups in total. The third kappa shape index (κ3) is 2.98. The van der Waals surface area contributed by atoms with E-state index in [1.54, 1.807) is 6.92 Å². The zero-order valence-electron chi connectivity index (χ0n) is 13.2. The van der Waals surface area contributed by atoms with Gasteiger partial charge in [0.05, 0.1) is 26.6 Å². The van der Waals surface area contributed by atoms with Crippen LogP contribution in [0.1, 0.15) is 11.1 Å². The first kappa shape index (κ1) is 16.7. The number of nitro groups is 1. The standard InChI is InChI=1S/C15H13N3O6S/c1-8-6-11-13(24-15(19)16-11)7-14(8)25(22,23)17-10-4-3-5-12(9(10)2)18(20)21/h3-7,17H,1-2H3,(H,16,19). The number of hydrogen-bond donors (Lipinski definition) is 2. The zero-order valence-corrected chi connectivity index (χ0v) is 14.0. The van der Waals surface area contributed by atoms with Crippen LogP contribution >= 0.6 is 0 Å². The molecule has 0 spiro atoms. The van der Waals surface area contributed by atoms with Gasteiger partial charge in [0.15, 0.2) is 5.58 Å². The van der Waals surface area contributed by atoms with E-state index in [-0.39, 0.29) is 27.4 Å². The molecule has 10 heteroatoms. The lowest BCUT2D eigenvalue weighted by atomic mass is 10.2. The number of benzene rings is 2. The molecule has 3 rings (SSSR count). The summed E-state index contributed by atoms with van der Waals surface area (Å²) in [7, 11) is -4.04. The normalized spacial score (nSPS) is 11.6. The van der Waals surface area contributed by atoms with Crippen molar-refractivity contribution in [1.82, 2.24) is 4.98 Å². The summed E-state index contributed by atoms with van der Waals surface area (Å²) in [4.78, 5) is 24.0. The molecule has 0 saturated heterocycles. The number of aryl methyl sites for hydroxylation is 1. The highest BCUT2D eigenvalue weighted by Crippen LogP contribution is 2.29. The first-order valence-electron chi connectivity index (χ1n) is 7.09. The van der Waals surface area contributed by atoms with Crippen molar-refractivity contribution in [2.45, 2.75) is 18.7 Å². The van der Waals surface area contributed by atoms with Gasteiger partial charge >= 0.3 is 5.76 Å². The van der Waals surface area contributed by atoms with E-state index in [2.05, 4.69) is 9.71 Å². The summed E-state index contributed by atoms with van der Waals surface area (Å²) >= 11 is 0. The van der Waals surface area contributed by atoms with Crippen molar-refractivity contribution < 1.29 is 17.8 Å². The number of anilines is 1. The molecule has 9 nitrogen and oxygen atoms in total. The molecule has 3 aromatic rings. The van der Waals surface area contributed by atoms with Gasteiger partial charge in [0.25, 0.3) is 15.7 Å². The van der Waals surface area contributed by atoms with Gasteiger partial charge in [-0.05, 0) is 31.5 Å². The van der Waals surface area contributed by atoms with Crippen LogP contribution in [0.4, 0.5) is 11.4 Å². The molecule has 130 valence electrons. The first-order valence-corrected chi connectivity index (χ1v) is 8.57. The molecule has 0 amide bonds. The van der Waals surface area contributed by atoms with Gasteiger partial charge in [-0.2, -0.15) is 0 Å². The van der Waals surface area contributed by atoms with E-state index in [1.165, 1.54) is 37.3 Å². The number of nitrogens with zero attached hydrogens (tertiary/aromatic N) is 1. The summed E-state index contributed by atoms with van der Waals surface area (Å²) in [5.74, 6) is -0.688. The summed E-state index contributed by atoms with van der Waals surface area (Å²) in [5, 5.41) is 11.0. The van der Waals surface area contributed by atoms with Crippen LogP contribution in [0.3, 0.4) is 0 Å². The molecule has 1 heterocycles. The van der Waals surface area contributed by atoms with Gasteiger partial charge in [-0.15, -0.1) is 0 Å². The Morgan fingerprint density at radius 3 is 2.64 bits per heavy atom. The molecule has 0 atom stereocenters. The Labute approximate surface area is 141 Å². The molecule has 0 aliphatic heterocycles. The Morgan fingerprint density at radius 1 is 1.24 bits per heavy atom. The van der Waals surface area contributed by atoms with Crippen LogP contribution in [-0.4, -0.2) is 18.3 Å². The fourth-order valence-corrected chi connectivity index (χ4v) is 3.87. The van der Waals surface area contributed by atoms with Crippen LogP contribution in [0.15, 0.2) is 44.4 Å². The maximum atomic E-state index is 12.7. The van der Waals surface area contributed by atoms with Gasteiger partial charge in [0.2, 0.25) is 0 Å². The fourth-order valence-electron chi connectivity index (χ4n) is 2.51. The number of rotatable bonds is 4. The maximum Gasteiger partial charge on any atom is 0.417 e. The molecule has 0 bridgehead atoms. The molecule has 0 fully saturated rings. The number of H-pyrrole nitrogens is 1. The van der Waals surface area contributed by atoms with E-state index in [0.29, 0.717) is 11.1 Å². The van der Waals surface area contributed by atoms with Crippen molar-refractivity contribution in [2.24, 2.45) is 0 Å². The molecule has 0 aliphatic carbocycles. The highest BCUT2D eigenvalue weighted by molar-refractivity contribution is 7.92. The van der Waals surface area contributed by atoms with Gasteiger partial charge < -0.3 is 4.42 Å². The molecule has 0 saturated carbocycles. The van der Waals surface area contributed by atoms with Gasteiger partial charge in [0.1, 0.15) is 0 Å². The third-order valence-electron chi connectivity index (χ3n) is 3.75. The molecule has 25 heavy (non-hydrogen) atoms. The number of sulfonamides is 1. The predicted molar refractivity (Wildman–Crippen MR) is 90.2 cm³/mol. The van der Waals surface area contributed by atoms with Crippen molar-refractivity contribution in [3.05, 3.63) is 62.1 Å². The van der Waals surface area contributed by atoms with Crippen molar-refractivity contribution in [3.63, 3.8) is 0 Å². The van der Waals surface area contributed by atoms with Crippen LogP contribution in [0, 0.1) is 24.0 Å². The molecule has 1 aromatic heterocycles. The van der Waals surface area contributed by atoms with Gasteiger partial charge in [-0.25, -0.2) is 13.2 Å². The van der Waals surface area contributed by atoms with Crippen LogP contribution in [0.2, 0.25) is 0 Å². The number of hydrogen-bond acceptors (Lipinski definition) is 6. The minimum absolute atomic E-state index is 0.0892. The third-order valence-corrected chi connectivity index (χ3v) is 5.26. The molecule has 0 unspecified atom stereocenters. The largest absolute Gasteiger partial charge is 0.417 e. The Bertz CT molecular complexity index is 1160. The SMILES string of the molecule is Cc1cc2[nH]c(=O)oc2cc1S(=O)(=O)Nc1cccc([N+](=O)[O-])c1C. The molecular weight excluding hydrogens is 350 g/mol. The molecule has 0 radical (unpaired) electrons. The second kappa shape index (κ2) is 5.74. The number of aromatic amines is 1. The quantitative estimate of drug-likeness (QED) is 0.540. The Morgan fingerprint density at radius 2 is 1.96 bits per heavy atom. The van der Waals surface area contributed by atoms with E-state index in [9.17, 15) is 23.3 Å². The Balaban J connectivity index is 2.09. The number of fused-ring (bicyclic) bond motifs is 1. The summed E-state index contributed by atoms with van der Waals surface area (Å²) < 4.78 is 32.6. The minimum Gasteiger partial charge on any atom is -0.408 e. The Kier molecular flexibility index (Phi) is 3.84. The molecular formula is C15H13N3O6S. The smallest absolute Gasteiger partial charge is 0.408 e. The van der Waals surface area contributed by atoms with Crippen LogP contribution < -0.4 is 10.5 Å². The van der Waals surface area contributed by atoms with Gasteiger partial charge in [-0.1, -0.05) is 6.07 Å². The zero-order chi connectivity index (χ0) is 18.4. The summed E-state index contributed by atoms with van der Waals surface area (Å²) in [6.07, 6.45) is 0. The molecule has 0 aliphatic rings. The Hall–Kier alpha value is -3.14. The van der Waals surface area contributed by atoms with Crippen LogP contribution in [-0.2, 0) is 10.0 Å². The van der Waals surface area contributed by atoms with Crippen LogP contribution in [0.25, 0.3) is 11.1 Å². The maximum absolute atomic E-state index is 12.7. The van der Waals surface area contributed by atoms with E-state index in [0.717, 1.165) is 0 Å². The monoisotopic (exact) mass is 363 g/mol. The van der Waals surface area contributed by atoms with Crippen molar-refractivity contribution in [1.29, 1.82) is 0 Å². The summed E-state index contributed by atoms with van der Waals surface area (Å²) in [6, 6.07) is 6.83. The fraction of sp³-hybridized carbons (Fsp3) is 0.133. The van der Waals surface area contributed by atoms with Gasteiger partial charge in [0, 0.05) is 12.1 Å². The van der Waals surface area contributed by atoms with Gasteiger partial charge in [-0.3, -0.25) is 19.8 Å². The van der Waals surface area contributed by atoms with E-state index >= 15 is 0 Å². The minimum atomic E-state index is -4.04. The first-order chi connectivity index (χ1) is 11.7. The average molecular weight is 363 g/mol.